The fraction of sp³-hybridized carbons (Fsp3) is 0.417. The minimum atomic E-state index is 0.454. The van der Waals surface area contributed by atoms with Crippen LogP contribution in [0.1, 0.15) is 18.1 Å². The first-order chi connectivity index (χ1) is 7.69. The van der Waals surface area contributed by atoms with E-state index in [2.05, 4.69) is 23.3 Å². The highest BCUT2D eigenvalue weighted by molar-refractivity contribution is 5.93. The first-order valence-corrected chi connectivity index (χ1v) is 5.54. The molecular formula is C12H20N4. The molecule has 0 spiro atoms. The molecule has 0 atom stereocenters. The van der Waals surface area contributed by atoms with E-state index in [1.54, 1.807) is 0 Å². The van der Waals surface area contributed by atoms with Gasteiger partial charge in [-0.1, -0.05) is 12.1 Å². The molecule has 88 valence electrons. The second kappa shape index (κ2) is 6.12. The fourth-order valence-electron chi connectivity index (χ4n) is 1.59. The minimum Gasteiger partial charge on any atom is -0.370 e. The molecule has 1 rings (SSSR count). The van der Waals surface area contributed by atoms with Crippen molar-refractivity contribution in [1.29, 1.82) is 0 Å². The van der Waals surface area contributed by atoms with Crippen LogP contribution in [0.5, 0.6) is 0 Å². The Bertz CT molecular complexity index is 371. The molecular weight excluding hydrogens is 200 g/mol. The summed E-state index contributed by atoms with van der Waals surface area (Å²) in [6.07, 6.45) is 0.881. The molecule has 4 nitrogen and oxygen atoms in total. The van der Waals surface area contributed by atoms with E-state index in [4.69, 9.17) is 11.5 Å². The van der Waals surface area contributed by atoms with Crippen molar-refractivity contribution in [3.63, 3.8) is 0 Å². The number of hydrogen-bond acceptors (Lipinski definition) is 2. The van der Waals surface area contributed by atoms with E-state index in [1.165, 1.54) is 11.1 Å². The van der Waals surface area contributed by atoms with E-state index < -0.39 is 0 Å². The number of nitrogens with zero attached hydrogens (tertiary/aromatic N) is 1. The number of nitrogens with two attached hydrogens (primary N) is 2. The van der Waals surface area contributed by atoms with Crippen LogP contribution in [-0.2, 0) is 6.42 Å². The molecule has 0 fully saturated rings. The Morgan fingerprint density at radius 1 is 1.44 bits per heavy atom. The van der Waals surface area contributed by atoms with Gasteiger partial charge in [-0.3, -0.25) is 4.99 Å². The summed E-state index contributed by atoms with van der Waals surface area (Å²) in [4.78, 5) is 4.10. The van der Waals surface area contributed by atoms with E-state index in [1.807, 2.05) is 19.1 Å². The lowest BCUT2D eigenvalue weighted by Crippen LogP contribution is -2.23. The summed E-state index contributed by atoms with van der Waals surface area (Å²) < 4.78 is 0. The van der Waals surface area contributed by atoms with Crippen molar-refractivity contribution in [3.8, 4) is 0 Å². The van der Waals surface area contributed by atoms with Gasteiger partial charge in [-0.15, -0.1) is 0 Å². The lowest BCUT2D eigenvalue weighted by atomic mass is 10.0. The van der Waals surface area contributed by atoms with Crippen molar-refractivity contribution in [1.82, 2.24) is 0 Å². The molecule has 0 saturated heterocycles. The first-order valence-electron chi connectivity index (χ1n) is 5.54. The van der Waals surface area contributed by atoms with Crippen LogP contribution in [0.4, 0.5) is 5.69 Å². The summed E-state index contributed by atoms with van der Waals surface area (Å²) in [5.41, 5.74) is 14.7. The van der Waals surface area contributed by atoms with E-state index in [9.17, 15) is 0 Å². The third kappa shape index (κ3) is 3.24. The van der Waals surface area contributed by atoms with Crippen molar-refractivity contribution in [3.05, 3.63) is 29.3 Å². The Kier molecular flexibility index (Phi) is 4.79. The minimum absolute atomic E-state index is 0.454. The number of hydrogen-bond donors (Lipinski definition) is 3. The molecule has 0 aliphatic carbocycles. The predicted molar refractivity (Wildman–Crippen MR) is 69.7 cm³/mol. The van der Waals surface area contributed by atoms with Gasteiger partial charge in [0.25, 0.3) is 0 Å². The standard InChI is InChI=1S/C12H20N4/c1-3-15-12(14)16-11-6-4-5-10(7-8-13)9(11)2/h4-6H,3,7-8,13H2,1-2H3,(H3,14,15,16). The summed E-state index contributed by atoms with van der Waals surface area (Å²) in [6, 6.07) is 6.08. The van der Waals surface area contributed by atoms with Crippen LogP contribution in [-0.4, -0.2) is 19.0 Å². The average molecular weight is 220 g/mol. The van der Waals surface area contributed by atoms with Crippen LogP contribution in [0.15, 0.2) is 23.2 Å². The summed E-state index contributed by atoms with van der Waals surface area (Å²) in [5, 5.41) is 3.10. The maximum absolute atomic E-state index is 5.72. The maximum atomic E-state index is 5.72. The summed E-state index contributed by atoms with van der Waals surface area (Å²) >= 11 is 0. The number of benzene rings is 1. The van der Waals surface area contributed by atoms with Crippen LogP contribution in [0.2, 0.25) is 0 Å². The molecule has 0 amide bonds. The Morgan fingerprint density at radius 3 is 2.81 bits per heavy atom. The van der Waals surface area contributed by atoms with E-state index in [0.29, 0.717) is 19.0 Å². The average Bonchev–Trinajstić information content (AvgIpc) is 2.24. The number of rotatable bonds is 4. The lowest BCUT2D eigenvalue weighted by Gasteiger charge is -2.12. The summed E-state index contributed by atoms with van der Waals surface area (Å²) in [6.45, 7) is 5.35. The van der Waals surface area contributed by atoms with Crippen molar-refractivity contribution in [2.45, 2.75) is 20.3 Å². The van der Waals surface area contributed by atoms with Gasteiger partial charge in [0, 0.05) is 12.2 Å². The van der Waals surface area contributed by atoms with Crippen molar-refractivity contribution >= 4 is 11.6 Å². The van der Waals surface area contributed by atoms with Gasteiger partial charge in [-0.05, 0) is 44.0 Å². The molecule has 0 bridgehead atoms. The van der Waals surface area contributed by atoms with E-state index in [0.717, 1.165) is 12.1 Å². The molecule has 0 saturated carbocycles. The number of nitrogens with one attached hydrogen (secondary N) is 1. The summed E-state index contributed by atoms with van der Waals surface area (Å²) in [5.74, 6) is 0.454. The molecule has 1 aromatic carbocycles. The lowest BCUT2D eigenvalue weighted by molar-refractivity contribution is 0.959. The number of anilines is 1. The molecule has 0 unspecified atom stereocenters. The normalized spacial score (nSPS) is 11.6. The number of aliphatic imine (C=N–C) groups is 1. The molecule has 0 aliphatic heterocycles. The molecule has 1 aromatic rings. The third-order valence-electron chi connectivity index (χ3n) is 2.45. The molecule has 0 radical (unpaired) electrons. The van der Waals surface area contributed by atoms with Crippen LogP contribution >= 0.6 is 0 Å². The molecule has 16 heavy (non-hydrogen) atoms. The topological polar surface area (TPSA) is 76.4 Å². The van der Waals surface area contributed by atoms with E-state index >= 15 is 0 Å². The molecule has 0 heterocycles. The summed E-state index contributed by atoms with van der Waals surface area (Å²) in [7, 11) is 0. The predicted octanol–water partition coefficient (Wildman–Crippen LogP) is 1.24. The number of guanidine groups is 1. The van der Waals surface area contributed by atoms with Crippen LogP contribution in [0.25, 0.3) is 0 Å². The molecule has 0 aromatic heterocycles. The van der Waals surface area contributed by atoms with Gasteiger partial charge < -0.3 is 16.8 Å². The second-order valence-corrected chi connectivity index (χ2v) is 3.61. The maximum Gasteiger partial charge on any atom is 0.193 e. The fourth-order valence-corrected chi connectivity index (χ4v) is 1.59. The van der Waals surface area contributed by atoms with Crippen molar-refractivity contribution in [2.24, 2.45) is 16.5 Å². The van der Waals surface area contributed by atoms with E-state index in [-0.39, 0.29) is 0 Å². The van der Waals surface area contributed by atoms with Gasteiger partial charge in [-0.2, -0.15) is 0 Å². The van der Waals surface area contributed by atoms with Crippen molar-refractivity contribution < 1.29 is 0 Å². The van der Waals surface area contributed by atoms with Crippen LogP contribution in [0, 0.1) is 6.92 Å². The highest BCUT2D eigenvalue weighted by Crippen LogP contribution is 2.18. The zero-order valence-electron chi connectivity index (χ0n) is 9.96. The molecule has 5 N–H and O–H groups in total. The van der Waals surface area contributed by atoms with Gasteiger partial charge in [-0.25, -0.2) is 0 Å². The smallest absolute Gasteiger partial charge is 0.193 e. The zero-order valence-corrected chi connectivity index (χ0v) is 9.96. The van der Waals surface area contributed by atoms with Crippen molar-refractivity contribution in [2.75, 3.05) is 18.4 Å². The Labute approximate surface area is 96.7 Å². The zero-order chi connectivity index (χ0) is 12.0. The van der Waals surface area contributed by atoms with Crippen LogP contribution in [0.3, 0.4) is 0 Å². The SMILES string of the molecule is CCN=C(N)Nc1cccc(CCN)c1C. The highest BCUT2D eigenvalue weighted by Gasteiger charge is 2.03. The molecule has 4 heteroatoms. The Morgan fingerprint density at radius 2 is 2.19 bits per heavy atom. The monoisotopic (exact) mass is 220 g/mol. The van der Waals surface area contributed by atoms with Crippen LogP contribution < -0.4 is 16.8 Å². The van der Waals surface area contributed by atoms with Gasteiger partial charge in [0.15, 0.2) is 5.96 Å². The van der Waals surface area contributed by atoms with Gasteiger partial charge in [0.2, 0.25) is 0 Å². The van der Waals surface area contributed by atoms with Gasteiger partial charge in [0.1, 0.15) is 0 Å². The second-order valence-electron chi connectivity index (χ2n) is 3.61. The molecule has 0 aliphatic rings. The largest absolute Gasteiger partial charge is 0.370 e. The third-order valence-corrected chi connectivity index (χ3v) is 2.45. The first kappa shape index (κ1) is 12.5. The Balaban J connectivity index is 2.88. The highest BCUT2D eigenvalue weighted by atomic mass is 15.1. The van der Waals surface area contributed by atoms with Gasteiger partial charge in [0.05, 0.1) is 0 Å². The Hall–Kier alpha value is -1.55. The van der Waals surface area contributed by atoms with Gasteiger partial charge >= 0.3 is 0 Å². The quantitative estimate of drug-likeness (QED) is 0.528.